The molecule has 0 aliphatic rings. The molecule has 5 nitrogen and oxygen atoms in total. The van der Waals surface area contributed by atoms with Gasteiger partial charge in [0.1, 0.15) is 5.82 Å². The quantitative estimate of drug-likeness (QED) is 0.713. The summed E-state index contributed by atoms with van der Waals surface area (Å²) in [7, 11) is 0. The van der Waals surface area contributed by atoms with Crippen LogP contribution in [0, 0.1) is 0 Å². The van der Waals surface area contributed by atoms with Crippen molar-refractivity contribution in [1.82, 2.24) is 14.9 Å². The molecular weight excluding hydrogens is 326 g/mol. The SMILES string of the molecule is CCN(CCc1ccccc1)C(=O)CCc1nc2ccccc2c(=O)[nH]1. The average molecular weight is 349 g/mol. The van der Waals surface area contributed by atoms with Gasteiger partial charge in [0.25, 0.3) is 5.56 Å². The van der Waals surface area contributed by atoms with Crippen LogP contribution < -0.4 is 5.56 Å². The number of aromatic nitrogens is 2. The third-order valence-electron chi connectivity index (χ3n) is 4.49. The molecule has 134 valence electrons. The summed E-state index contributed by atoms with van der Waals surface area (Å²) in [6, 6.07) is 17.4. The molecule has 1 N–H and O–H groups in total. The normalized spacial score (nSPS) is 10.8. The summed E-state index contributed by atoms with van der Waals surface area (Å²) in [5, 5.41) is 0.570. The summed E-state index contributed by atoms with van der Waals surface area (Å²) in [6.07, 6.45) is 1.61. The number of nitrogens with zero attached hydrogens (tertiary/aromatic N) is 2. The molecule has 0 fully saturated rings. The lowest BCUT2D eigenvalue weighted by molar-refractivity contribution is -0.131. The van der Waals surface area contributed by atoms with Gasteiger partial charge in [-0.3, -0.25) is 9.59 Å². The molecule has 0 aliphatic carbocycles. The lowest BCUT2D eigenvalue weighted by Gasteiger charge is -2.21. The van der Waals surface area contributed by atoms with E-state index in [2.05, 4.69) is 22.1 Å². The molecule has 0 spiro atoms. The highest BCUT2D eigenvalue weighted by atomic mass is 16.2. The molecule has 1 heterocycles. The van der Waals surface area contributed by atoms with Crippen LogP contribution in [0.1, 0.15) is 24.7 Å². The molecule has 5 heteroatoms. The predicted molar refractivity (Wildman–Crippen MR) is 103 cm³/mol. The monoisotopic (exact) mass is 349 g/mol. The van der Waals surface area contributed by atoms with Crippen LogP contribution in [0.2, 0.25) is 0 Å². The first kappa shape index (κ1) is 17.9. The van der Waals surface area contributed by atoms with Crippen LogP contribution in [0.3, 0.4) is 0 Å². The van der Waals surface area contributed by atoms with E-state index >= 15 is 0 Å². The zero-order valence-electron chi connectivity index (χ0n) is 14.9. The van der Waals surface area contributed by atoms with Gasteiger partial charge in [0.05, 0.1) is 10.9 Å². The van der Waals surface area contributed by atoms with Crippen molar-refractivity contribution in [2.45, 2.75) is 26.2 Å². The molecule has 1 aromatic heterocycles. The van der Waals surface area contributed by atoms with Crippen LogP contribution in [-0.2, 0) is 17.6 Å². The van der Waals surface area contributed by atoms with Gasteiger partial charge >= 0.3 is 0 Å². The molecule has 0 unspecified atom stereocenters. The summed E-state index contributed by atoms with van der Waals surface area (Å²) < 4.78 is 0. The van der Waals surface area contributed by atoms with Crippen LogP contribution in [0.5, 0.6) is 0 Å². The molecule has 3 rings (SSSR count). The van der Waals surface area contributed by atoms with Crippen LogP contribution >= 0.6 is 0 Å². The number of aryl methyl sites for hydroxylation is 1. The first-order valence-electron chi connectivity index (χ1n) is 8.97. The summed E-state index contributed by atoms with van der Waals surface area (Å²) >= 11 is 0. The number of hydrogen-bond donors (Lipinski definition) is 1. The Hall–Kier alpha value is -2.95. The molecule has 3 aromatic rings. The van der Waals surface area contributed by atoms with Crippen LogP contribution in [0.4, 0.5) is 0 Å². The van der Waals surface area contributed by atoms with Gasteiger partial charge in [0, 0.05) is 25.9 Å². The Bertz CT molecular complexity index is 935. The van der Waals surface area contributed by atoms with Crippen molar-refractivity contribution >= 4 is 16.8 Å². The number of benzene rings is 2. The van der Waals surface area contributed by atoms with Gasteiger partial charge in [-0.15, -0.1) is 0 Å². The number of rotatable bonds is 7. The lowest BCUT2D eigenvalue weighted by Crippen LogP contribution is -2.33. The van der Waals surface area contributed by atoms with E-state index in [-0.39, 0.29) is 11.5 Å². The third-order valence-corrected chi connectivity index (χ3v) is 4.49. The lowest BCUT2D eigenvalue weighted by atomic mass is 10.1. The Morgan fingerprint density at radius 3 is 2.54 bits per heavy atom. The molecule has 2 aromatic carbocycles. The zero-order valence-corrected chi connectivity index (χ0v) is 14.9. The van der Waals surface area contributed by atoms with Gasteiger partial charge in [-0.05, 0) is 31.0 Å². The average Bonchev–Trinajstić information content (AvgIpc) is 2.68. The summed E-state index contributed by atoms with van der Waals surface area (Å²) in [5.41, 5.74) is 1.73. The number of amides is 1. The highest BCUT2D eigenvalue weighted by Gasteiger charge is 2.13. The molecule has 0 saturated heterocycles. The third kappa shape index (κ3) is 4.36. The number of fused-ring (bicyclic) bond motifs is 1. The standard InChI is InChI=1S/C21H23N3O2/c1-2-24(15-14-16-8-4-3-5-9-16)20(25)13-12-19-22-18-11-7-6-10-17(18)21(26)23-19/h3-11H,2,12-15H2,1H3,(H,22,23,26). The maximum atomic E-state index is 12.5. The van der Waals surface area contributed by atoms with Crippen LogP contribution in [0.15, 0.2) is 59.4 Å². The number of para-hydroxylation sites is 1. The minimum absolute atomic E-state index is 0.0826. The van der Waals surface area contributed by atoms with E-state index < -0.39 is 0 Å². The number of H-pyrrole nitrogens is 1. The number of aromatic amines is 1. The van der Waals surface area contributed by atoms with Gasteiger partial charge in [-0.2, -0.15) is 0 Å². The van der Waals surface area contributed by atoms with Crippen molar-refractivity contribution < 1.29 is 4.79 Å². The molecular formula is C21H23N3O2. The summed E-state index contributed by atoms with van der Waals surface area (Å²) in [4.78, 5) is 33.7. The van der Waals surface area contributed by atoms with Crippen molar-refractivity contribution in [1.29, 1.82) is 0 Å². The molecule has 0 aliphatic heterocycles. The van der Waals surface area contributed by atoms with Gasteiger partial charge in [0.2, 0.25) is 5.91 Å². The molecule has 0 bridgehead atoms. The highest BCUT2D eigenvalue weighted by Crippen LogP contribution is 2.08. The first-order chi connectivity index (χ1) is 12.7. The van der Waals surface area contributed by atoms with E-state index in [1.165, 1.54) is 5.56 Å². The van der Waals surface area contributed by atoms with Gasteiger partial charge in [-0.1, -0.05) is 42.5 Å². The fraction of sp³-hybridized carbons (Fsp3) is 0.286. The summed E-state index contributed by atoms with van der Waals surface area (Å²) in [5.74, 6) is 0.639. The second-order valence-corrected chi connectivity index (χ2v) is 6.24. The van der Waals surface area contributed by atoms with E-state index in [9.17, 15) is 9.59 Å². The number of carbonyl (C=O) groups excluding carboxylic acids is 1. The van der Waals surface area contributed by atoms with E-state index in [0.29, 0.717) is 42.7 Å². The largest absolute Gasteiger partial charge is 0.343 e. The van der Waals surface area contributed by atoms with Crippen LogP contribution in [-0.4, -0.2) is 33.9 Å². The Morgan fingerprint density at radius 2 is 1.77 bits per heavy atom. The highest BCUT2D eigenvalue weighted by molar-refractivity contribution is 5.78. The van der Waals surface area contributed by atoms with Crippen molar-refractivity contribution in [3.05, 3.63) is 76.3 Å². The first-order valence-corrected chi connectivity index (χ1v) is 8.97. The molecule has 0 radical (unpaired) electrons. The number of nitrogens with one attached hydrogen (secondary N) is 1. The Labute approximate surface area is 152 Å². The van der Waals surface area contributed by atoms with Crippen molar-refractivity contribution in [2.75, 3.05) is 13.1 Å². The smallest absolute Gasteiger partial charge is 0.258 e. The maximum absolute atomic E-state index is 12.5. The van der Waals surface area contributed by atoms with E-state index in [0.717, 1.165) is 6.42 Å². The Balaban J connectivity index is 1.61. The summed E-state index contributed by atoms with van der Waals surface area (Å²) in [6.45, 7) is 3.35. The number of likely N-dealkylation sites (N-methyl/N-ethyl adjacent to an activating group) is 1. The van der Waals surface area contributed by atoms with Crippen molar-refractivity contribution in [3.8, 4) is 0 Å². The maximum Gasteiger partial charge on any atom is 0.258 e. The van der Waals surface area contributed by atoms with Crippen LogP contribution in [0.25, 0.3) is 10.9 Å². The zero-order chi connectivity index (χ0) is 18.4. The fourth-order valence-corrected chi connectivity index (χ4v) is 3.00. The minimum Gasteiger partial charge on any atom is -0.343 e. The molecule has 0 saturated carbocycles. The molecule has 1 amide bonds. The number of hydrogen-bond acceptors (Lipinski definition) is 3. The topological polar surface area (TPSA) is 66.1 Å². The van der Waals surface area contributed by atoms with Crippen molar-refractivity contribution in [2.24, 2.45) is 0 Å². The van der Waals surface area contributed by atoms with Crippen molar-refractivity contribution in [3.63, 3.8) is 0 Å². The van der Waals surface area contributed by atoms with Gasteiger partial charge in [-0.25, -0.2) is 4.98 Å². The minimum atomic E-state index is -0.158. The van der Waals surface area contributed by atoms with E-state index in [4.69, 9.17) is 0 Å². The Morgan fingerprint density at radius 1 is 1.04 bits per heavy atom. The van der Waals surface area contributed by atoms with Gasteiger partial charge < -0.3 is 9.88 Å². The molecule has 26 heavy (non-hydrogen) atoms. The second kappa shape index (κ2) is 8.43. The predicted octanol–water partition coefficient (Wildman–Crippen LogP) is 2.95. The fourth-order valence-electron chi connectivity index (χ4n) is 3.00. The van der Waals surface area contributed by atoms with E-state index in [1.54, 1.807) is 6.07 Å². The number of carbonyl (C=O) groups is 1. The Kier molecular flexibility index (Phi) is 5.79. The molecule has 0 atom stereocenters. The van der Waals surface area contributed by atoms with Gasteiger partial charge in [0.15, 0.2) is 0 Å². The van der Waals surface area contributed by atoms with E-state index in [1.807, 2.05) is 48.2 Å². The second-order valence-electron chi connectivity index (χ2n) is 6.24.